The molecule has 1 aromatic heterocycles. The number of H-pyrrole nitrogens is 1. The molecule has 11 N–H and O–H groups in total. The zero-order valence-corrected chi connectivity index (χ0v) is 17.2. The number of nitrogens with zero attached hydrogens (tertiary/aromatic N) is 1. The van der Waals surface area contributed by atoms with E-state index in [0.29, 0.717) is 5.69 Å². The second-order valence-corrected chi connectivity index (χ2v) is 6.86. The van der Waals surface area contributed by atoms with Gasteiger partial charge < -0.3 is 47.7 Å². The Balaban J connectivity index is 3.04. The number of nitrogens with one attached hydrogen (secondary N) is 4. The van der Waals surface area contributed by atoms with Gasteiger partial charge in [0.1, 0.15) is 18.1 Å². The molecule has 0 bridgehead atoms. The van der Waals surface area contributed by atoms with Crippen molar-refractivity contribution in [3.05, 3.63) is 18.2 Å². The molecule has 33 heavy (non-hydrogen) atoms. The molecular formula is C17H25N7O9. The number of primary amides is 1. The van der Waals surface area contributed by atoms with Gasteiger partial charge in [0, 0.05) is 18.3 Å². The number of aliphatic hydroxyl groups is 1. The molecule has 0 aromatic carbocycles. The number of carboxylic acids is 2. The first kappa shape index (κ1) is 27.0. The molecule has 16 heteroatoms. The molecule has 0 fully saturated rings. The van der Waals surface area contributed by atoms with Gasteiger partial charge >= 0.3 is 11.9 Å². The molecule has 4 amide bonds. The Kier molecular flexibility index (Phi) is 10.4. The molecule has 182 valence electrons. The van der Waals surface area contributed by atoms with Crippen LogP contribution in [0.25, 0.3) is 0 Å². The van der Waals surface area contributed by atoms with Crippen molar-refractivity contribution in [3.8, 4) is 0 Å². The molecule has 0 radical (unpaired) electrons. The lowest BCUT2D eigenvalue weighted by atomic mass is 10.1. The van der Waals surface area contributed by atoms with Crippen LogP contribution in [0.4, 0.5) is 0 Å². The fraction of sp³-hybridized carbons (Fsp3) is 0.471. The number of aliphatic hydroxyl groups excluding tert-OH is 1. The van der Waals surface area contributed by atoms with Gasteiger partial charge in [-0.05, 0) is 0 Å². The van der Waals surface area contributed by atoms with Crippen molar-refractivity contribution in [2.24, 2.45) is 11.5 Å². The highest BCUT2D eigenvalue weighted by Crippen LogP contribution is 2.03. The van der Waals surface area contributed by atoms with E-state index in [1.54, 1.807) is 0 Å². The minimum Gasteiger partial charge on any atom is -0.481 e. The van der Waals surface area contributed by atoms with Gasteiger partial charge in [-0.15, -0.1) is 0 Å². The van der Waals surface area contributed by atoms with E-state index in [0.717, 1.165) is 0 Å². The number of carbonyl (C=O) groups is 6. The van der Waals surface area contributed by atoms with Crippen LogP contribution in [0.5, 0.6) is 0 Å². The molecule has 0 saturated carbocycles. The zero-order chi connectivity index (χ0) is 25.1. The van der Waals surface area contributed by atoms with Crippen LogP contribution in [0.3, 0.4) is 0 Å². The summed E-state index contributed by atoms with van der Waals surface area (Å²) in [5.41, 5.74) is 10.9. The maximum atomic E-state index is 12.8. The maximum absolute atomic E-state index is 12.8. The average molecular weight is 471 g/mol. The van der Waals surface area contributed by atoms with Gasteiger partial charge in [0.2, 0.25) is 23.6 Å². The molecule has 4 unspecified atom stereocenters. The van der Waals surface area contributed by atoms with Gasteiger partial charge in [-0.1, -0.05) is 0 Å². The van der Waals surface area contributed by atoms with E-state index in [2.05, 4.69) is 20.6 Å². The molecule has 1 rings (SSSR count). The molecule has 0 aliphatic rings. The monoisotopic (exact) mass is 471 g/mol. The van der Waals surface area contributed by atoms with Crippen LogP contribution in [0.1, 0.15) is 18.5 Å². The van der Waals surface area contributed by atoms with Gasteiger partial charge in [-0.25, -0.2) is 9.78 Å². The highest BCUT2D eigenvalue weighted by Gasteiger charge is 2.32. The van der Waals surface area contributed by atoms with Gasteiger partial charge in [0.25, 0.3) is 0 Å². The lowest BCUT2D eigenvalue weighted by molar-refractivity contribution is -0.144. The van der Waals surface area contributed by atoms with E-state index in [1.165, 1.54) is 12.5 Å². The number of aromatic nitrogens is 2. The Morgan fingerprint density at radius 3 is 2.00 bits per heavy atom. The van der Waals surface area contributed by atoms with Crippen LogP contribution in [-0.4, -0.2) is 91.6 Å². The first-order valence-corrected chi connectivity index (χ1v) is 9.42. The first-order chi connectivity index (χ1) is 15.4. The summed E-state index contributed by atoms with van der Waals surface area (Å²) in [6.07, 6.45) is 1.02. The summed E-state index contributed by atoms with van der Waals surface area (Å²) < 4.78 is 0. The van der Waals surface area contributed by atoms with Gasteiger partial charge in [0.15, 0.2) is 0 Å². The van der Waals surface area contributed by atoms with Crippen molar-refractivity contribution in [2.45, 2.75) is 43.4 Å². The minimum absolute atomic E-state index is 0.184. The van der Waals surface area contributed by atoms with Crippen molar-refractivity contribution in [3.63, 3.8) is 0 Å². The van der Waals surface area contributed by atoms with E-state index in [4.69, 9.17) is 26.8 Å². The number of rotatable bonds is 14. The third-order valence-electron chi connectivity index (χ3n) is 4.18. The molecule has 1 heterocycles. The molecular weight excluding hydrogens is 446 g/mol. The van der Waals surface area contributed by atoms with Gasteiger partial charge in [0.05, 0.1) is 31.8 Å². The summed E-state index contributed by atoms with van der Waals surface area (Å²) in [6, 6.07) is -6.26. The molecule has 0 spiro atoms. The predicted octanol–water partition coefficient (Wildman–Crippen LogP) is -4.84. The van der Waals surface area contributed by atoms with E-state index < -0.39 is 79.2 Å². The second kappa shape index (κ2) is 12.7. The number of carboxylic acid groups (broad SMARTS) is 2. The van der Waals surface area contributed by atoms with Crippen LogP contribution >= 0.6 is 0 Å². The largest absolute Gasteiger partial charge is 0.481 e. The number of imidazole rings is 1. The Morgan fingerprint density at radius 1 is 0.939 bits per heavy atom. The molecule has 0 aliphatic heterocycles. The van der Waals surface area contributed by atoms with E-state index in [9.17, 15) is 28.8 Å². The summed E-state index contributed by atoms with van der Waals surface area (Å²) in [6.45, 7) is -0.981. The van der Waals surface area contributed by atoms with Crippen molar-refractivity contribution in [1.82, 2.24) is 25.9 Å². The summed E-state index contributed by atoms with van der Waals surface area (Å²) in [7, 11) is 0. The maximum Gasteiger partial charge on any atom is 0.328 e. The summed E-state index contributed by atoms with van der Waals surface area (Å²) in [5, 5.41) is 33.3. The Morgan fingerprint density at radius 2 is 1.52 bits per heavy atom. The number of carbonyl (C=O) groups excluding carboxylic acids is 4. The molecule has 4 atom stereocenters. The number of aliphatic carboxylic acids is 2. The molecule has 16 nitrogen and oxygen atoms in total. The van der Waals surface area contributed by atoms with Crippen molar-refractivity contribution in [1.29, 1.82) is 0 Å². The zero-order valence-electron chi connectivity index (χ0n) is 17.2. The van der Waals surface area contributed by atoms with E-state index in [-0.39, 0.29) is 6.42 Å². The lowest BCUT2D eigenvalue weighted by Crippen LogP contribution is -2.58. The number of hydrogen-bond donors (Lipinski definition) is 9. The fourth-order valence-electron chi connectivity index (χ4n) is 2.53. The van der Waals surface area contributed by atoms with Crippen LogP contribution in [0.2, 0.25) is 0 Å². The smallest absolute Gasteiger partial charge is 0.328 e. The fourth-order valence-corrected chi connectivity index (χ4v) is 2.53. The normalized spacial score (nSPS) is 14.2. The SMILES string of the molecule is NC(=O)CC(N)C(=O)NC(Cc1cnc[nH]1)C(=O)NC(CC(=O)O)C(=O)NC(CO)C(=O)O. The van der Waals surface area contributed by atoms with Gasteiger partial charge in [-0.3, -0.25) is 24.0 Å². The number of nitrogens with two attached hydrogens (primary N) is 2. The van der Waals surface area contributed by atoms with Gasteiger partial charge in [-0.2, -0.15) is 0 Å². The highest BCUT2D eigenvalue weighted by molar-refractivity contribution is 5.96. The third kappa shape index (κ3) is 9.32. The summed E-state index contributed by atoms with van der Waals surface area (Å²) >= 11 is 0. The van der Waals surface area contributed by atoms with Crippen LogP contribution in [0, 0.1) is 0 Å². The predicted molar refractivity (Wildman–Crippen MR) is 107 cm³/mol. The van der Waals surface area contributed by atoms with Crippen molar-refractivity contribution in [2.75, 3.05) is 6.61 Å². The highest BCUT2D eigenvalue weighted by atomic mass is 16.4. The molecule has 1 aromatic rings. The minimum atomic E-state index is -1.75. The second-order valence-electron chi connectivity index (χ2n) is 6.86. The summed E-state index contributed by atoms with van der Waals surface area (Å²) in [5.74, 6) is -7.06. The van der Waals surface area contributed by atoms with E-state index >= 15 is 0 Å². The Bertz CT molecular complexity index is 874. The molecule has 0 aliphatic carbocycles. The van der Waals surface area contributed by atoms with Crippen LogP contribution in [-0.2, 0) is 35.2 Å². The van der Waals surface area contributed by atoms with E-state index in [1.807, 2.05) is 5.32 Å². The number of amides is 4. The Hall–Kier alpha value is -4.05. The first-order valence-electron chi connectivity index (χ1n) is 9.42. The Labute approximate surface area is 186 Å². The van der Waals surface area contributed by atoms with Crippen molar-refractivity contribution < 1.29 is 44.1 Å². The topological polar surface area (TPSA) is 280 Å². The van der Waals surface area contributed by atoms with Crippen LogP contribution in [0.15, 0.2) is 12.5 Å². The van der Waals surface area contributed by atoms with Crippen molar-refractivity contribution >= 4 is 35.6 Å². The third-order valence-corrected chi connectivity index (χ3v) is 4.18. The summed E-state index contributed by atoms with van der Waals surface area (Å²) in [4.78, 5) is 77.0. The van der Waals surface area contributed by atoms with Crippen LogP contribution < -0.4 is 27.4 Å². The molecule has 0 saturated heterocycles. The standard InChI is InChI=1S/C17H25N7O9/c18-8(2-12(19)26)14(29)22-9(1-7-4-20-6-21-7)15(30)23-10(3-13(27)28)16(31)24-11(5-25)17(32)33/h4,6,8-11,25H,1-3,5,18H2,(H2,19,26)(H,20,21)(H,22,29)(H,23,30)(H,24,31)(H,27,28)(H,32,33). The number of hydrogen-bond acceptors (Lipinski definition) is 9. The lowest BCUT2D eigenvalue weighted by Gasteiger charge is -2.24. The quantitative estimate of drug-likeness (QED) is 0.124. The number of aromatic amines is 1. The average Bonchev–Trinajstić information content (AvgIpc) is 3.22.